The highest BCUT2D eigenvalue weighted by Gasteiger charge is 2.30. The molecule has 4 rings (SSSR count). The Morgan fingerprint density at radius 3 is 2.78 bits per heavy atom. The molecular formula is C24H26F3N5O4. The van der Waals surface area contributed by atoms with Crippen molar-refractivity contribution in [1.82, 2.24) is 19.9 Å². The number of hydrogen-bond acceptors (Lipinski definition) is 8. The van der Waals surface area contributed by atoms with E-state index in [1.807, 2.05) is 0 Å². The molecule has 0 bridgehead atoms. The number of amides is 1. The summed E-state index contributed by atoms with van der Waals surface area (Å²) in [5.74, 6) is 1.73. The van der Waals surface area contributed by atoms with Crippen LogP contribution in [0.1, 0.15) is 24.0 Å². The number of methoxy groups -OCH3 is 1. The molecule has 1 aliphatic heterocycles. The summed E-state index contributed by atoms with van der Waals surface area (Å²) >= 11 is 0. The number of benzene rings is 1. The van der Waals surface area contributed by atoms with Gasteiger partial charge in [0.05, 0.1) is 43.6 Å². The minimum absolute atomic E-state index is 0.0223. The lowest BCUT2D eigenvalue weighted by atomic mass is 10.2. The first-order chi connectivity index (χ1) is 17.1. The Morgan fingerprint density at radius 1 is 1.25 bits per heavy atom. The number of nitrogens with zero attached hydrogens (tertiary/aromatic N) is 4. The van der Waals surface area contributed by atoms with E-state index in [1.165, 1.54) is 14.0 Å². The van der Waals surface area contributed by atoms with Gasteiger partial charge in [-0.2, -0.15) is 13.2 Å². The molecule has 1 atom stereocenters. The highest BCUT2D eigenvalue weighted by Crippen LogP contribution is 2.35. The highest BCUT2D eigenvalue weighted by atomic mass is 19.4. The van der Waals surface area contributed by atoms with E-state index in [2.05, 4.69) is 20.3 Å². The molecule has 192 valence electrons. The number of halogens is 3. The quantitative estimate of drug-likeness (QED) is 0.520. The lowest BCUT2D eigenvalue weighted by Crippen LogP contribution is -2.46. The van der Waals surface area contributed by atoms with Crippen LogP contribution in [0.25, 0.3) is 10.9 Å². The zero-order valence-electron chi connectivity index (χ0n) is 20.1. The standard InChI is InChI=1S/C24H26F3N5O4/c1-14-30-20-10-21(34-3)22(36-13-18-12-32(15(2)33)6-7-35-18)9-19(20)23(31-14)29-11-17-8-16(4-5-28-17)24(25,26)27/h4-5,8-10,18H,6-7,11-13H2,1-3H3,(H,29,30,31)/t18-/m0/s1. The average molecular weight is 505 g/mol. The summed E-state index contributed by atoms with van der Waals surface area (Å²) in [6.45, 7) is 4.82. The van der Waals surface area contributed by atoms with Crippen molar-refractivity contribution in [3.8, 4) is 11.5 Å². The van der Waals surface area contributed by atoms with Crippen LogP contribution in [0.15, 0.2) is 30.5 Å². The summed E-state index contributed by atoms with van der Waals surface area (Å²) in [5.41, 5.74) is 0.0123. The van der Waals surface area contributed by atoms with Crippen molar-refractivity contribution in [3.63, 3.8) is 0 Å². The van der Waals surface area contributed by atoms with Crippen LogP contribution in [0.2, 0.25) is 0 Å². The fourth-order valence-corrected chi connectivity index (χ4v) is 3.87. The molecule has 9 nitrogen and oxygen atoms in total. The third kappa shape index (κ3) is 5.93. The predicted octanol–water partition coefficient (Wildman–Crippen LogP) is 3.60. The van der Waals surface area contributed by atoms with Gasteiger partial charge in [0, 0.05) is 31.1 Å². The summed E-state index contributed by atoms with van der Waals surface area (Å²) in [6, 6.07) is 5.34. The van der Waals surface area contributed by atoms with Crippen molar-refractivity contribution in [2.45, 2.75) is 32.7 Å². The topological polar surface area (TPSA) is 98.7 Å². The first-order valence-electron chi connectivity index (χ1n) is 11.3. The van der Waals surface area contributed by atoms with Crippen LogP contribution in [0.3, 0.4) is 0 Å². The summed E-state index contributed by atoms with van der Waals surface area (Å²) < 4.78 is 56.4. The Kier molecular flexibility index (Phi) is 7.43. The van der Waals surface area contributed by atoms with Crippen LogP contribution in [-0.4, -0.2) is 65.3 Å². The van der Waals surface area contributed by atoms with E-state index in [1.54, 1.807) is 24.0 Å². The summed E-state index contributed by atoms with van der Waals surface area (Å²) in [7, 11) is 1.51. The first kappa shape index (κ1) is 25.4. The monoisotopic (exact) mass is 505 g/mol. The van der Waals surface area contributed by atoms with Gasteiger partial charge in [0.25, 0.3) is 0 Å². The molecule has 1 aromatic carbocycles. The van der Waals surface area contributed by atoms with Crippen molar-refractivity contribution < 1.29 is 32.2 Å². The van der Waals surface area contributed by atoms with E-state index in [-0.39, 0.29) is 30.9 Å². The van der Waals surface area contributed by atoms with Gasteiger partial charge in [-0.25, -0.2) is 9.97 Å². The van der Waals surface area contributed by atoms with Gasteiger partial charge < -0.3 is 24.4 Å². The molecular weight excluding hydrogens is 479 g/mol. The number of nitrogens with one attached hydrogen (secondary N) is 1. The van der Waals surface area contributed by atoms with Crippen molar-refractivity contribution in [2.24, 2.45) is 0 Å². The minimum Gasteiger partial charge on any atom is -0.493 e. The SMILES string of the molecule is COc1cc2nc(C)nc(NCc3cc(C(F)(F)F)ccn3)c2cc1OC[C@@H]1CN(C(C)=O)CCO1. The number of carbonyl (C=O) groups is 1. The van der Waals surface area contributed by atoms with E-state index in [0.29, 0.717) is 53.7 Å². The van der Waals surface area contributed by atoms with E-state index < -0.39 is 11.7 Å². The van der Waals surface area contributed by atoms with Gasteiger partial charge in [0.1, 0.15) is 24.4 Å². The van der Waals surface area contributed by atoms with Gasteiger partial charge in [0.2, 0.25) is 5.91 Å². The number of carbonyl (C=O) groups excluding carboxylic acids is 1. The molecule has 1 saturated heterocycles. The number of fused-ring (bicyclic) bond motifs is 1. The molecule has 3 heterocycles. The molecule has 36 heavy (non-hydrogen) atoms. The van der Waals surface area contributed by atoms with Crippen LogP contribution >= 0.6 is 0 Å². The molecule has 0 saturated carbocycles. The highest BCUT2D eigenvalue weighted by molar-refractivity contribution is 5.91. The maximum absolute atomic E-state index is 13.1. The Morgan fingerprint density at radius 2 is 2.06 bits per heavy atom. The fraction of sp³-hybridized carbons (Fsp3) is 0.417. The Labute approximate surface area is 205 Å². The molecule has 3 aromatic rings. The van der Waals surface area contributed by atoms with Gasteiger partial charge in [-0.1, -0.05) is 0 Å². The molecule has 1 amide bonds. The number of hydrogen-bond donors (Lipinski definition) is 1. The van der Waals surface area contributed by atoms with Crippen LogP contribution < -0.4 is 14.8 Å². The van der Waals surface area contributed by atoms with Crippen molar-refractivity contribution >= 4 is 22.6 Å². The second-order valence-electron chi connectivity index (χ2n) is 8.30. The number of pyridine rings is 1. The summed E-state index contributed by atoms with van der Waals surface area (Å²) in [5, 5.41) is 3.66. The predicted molar refractivity (Wildman–Crippen MR) is 125 cm³/mol. The number of aryl methyl sites for hydroxylation is 1. The molecule has 0 aliphatic carbocycles. The third-order valence-electron chi connectivity index (χ3n) is 5.68. The minimum atomic E-state index is -4.46. The number of aromatic nitrogens is 3. The van der Waals surface area contributed by atoms with Crippen molar-refractivity contribution in [3.05, 3.63) is 47.5 Å². The second kappa shape index (κ2) is 10.5. The van der Waals surface area contributed by atoms with E-state index in [9.17, 15) is 18.0 Å². The molecule has 0 spiro atoms. The second-order valence-corrected chi connectivity index (χ2v) is 8.30. The fourth-order valence-electron chi connectivity index (χ4n) is 3.87. The maximum atomic E-state index is 13.1. The molecule has 1 fully saturated rings. The van der Waals surface area contributed by atoms with E-state index in [0.717, 1.165) is 18.3 Å². The number of anilines is 1. The lowest BCUT2D eigenvalue weighted by molar-refractivity contribution is -0.138. The Balaban J connectivity index is 1.57. The normalized spacial score (nSPS) is 16.2. The van der Waals surface area contributed by atoms with Crippen LogP contribution in [0, 0.1) is 6.92 Å². The van der Waals surface area contributed by atoms with Gasteiger partial charge in [0.15, 0.2) is 11.5 Å². The summed E-state index contributed by atoms with van der Waals surface area (Å²) in [4.78, 5) is 26.3. The zero-order chi connectivity index (χ0) is 25.9. The van der Waals surface area contributed by atoms with Gasteiger partial charge in [-0.15, -0.1) is 0 Å². The van der Waals surface area contributed by atoms with Crippen molar-refractivity contribution in [1.29, 1.82) is 0 Å². The number of alkyl halides is 3. The number of ether oxygens (including phenoxy) is 3. The van der Waals surface area contributed by atoms with Gasteiger partial charge >= 0.3 is 6.18 Å². The largest absolute Gasteiger partial charge is 0.493 e. The van der Waals surface area contributed by atoms with Crippen LogP contribution in [0.4, 0.5) is 19.0 Å². The summed E-state index contributed by atoms with van der Waals surface area (Å²) in [6.07, 6.45) is -3.63. The number of rotatable bonds is 7. The first-order valence-corrected chi connectivity index (χ1v) is 11.3. The van der Waals surface area contributed by atoms with Crippen LogP contribution in [0.5, 0.6) is 11.5 Å². The third-order valence-corrected chi connectivity index (χ3v) is 5.68. The molecule has 12 heteroatoms. The molecule has 1 N–H and O–H groups in total. The molecule has 2 aromatic heterocycles. The molecule has 0 unspecified atom stereocenters. The van der Waals surface area contributed by atoms with Crippen molar-refractivity contribution in [2.75, 3.05) is 38.7 Å². The van der Waals surface area contributed by atoms with E-state index in [4.69, 9.17) is 14.2 Å². The van der Waals surface area contributed by atoms with Gasteiger partial charge in [-0.3, -0.25) is 9.78 Å². The Hall–Kier alpha value is -3.67. The zero-order valence-corrected chi connectivity index (χ0v) is 20.1. The average Bonchev–Trinajstić information content (AvgIpc) is 2.85. The lowest BCUT2D eigenvalue weighted by Gasteiger charge is -2.32. The maximum Gasteiger partial charge on any atom is 0.416 e. The van der Waals surface area contributed by atoms with Gasteiger partial charge in [-0.05, 0) is 25.1 Å². The number of morpholine rings is 1. The van der Waals surface area contributed by atoms with E-state index >= 15 is 0 Å². The molecule has 1 aliphatic rings. The van der Waals surface area contributed by atoms with Crippen LogP contribution in [-0.2, 0) is 22.3 Å². The smallest absolute Gasteiger partial charge is 0.416 e. The molecule has 0 radical (unpaired) electrons. The Bertz CT molecular complexity index is 1250.